The normalized spacial score (nSPS) is 11.6. The third-order valence-corrected chi connectivity index (χ3v) is 4.98. The van der Waals surface area contributed by atoms with Gasteiger partial charge in [-0.05, 0) is 19.2 Å². The minimum absolute atomic E-state index is 0.0426. The first-order chi connectivity index (χ1) is 9.85. The lowest BCUT2D eigenvalue weighted by molar-refractivity contribution is 0.595. The Balaban J connectivity index is 2.38. The second-order valence-electron chi connectivity index (χ2n) is 4.11. The summed E-state index contributed by atoms with van der Waals surface area (Å²) in [5, 5.41) is 9.58. The van der Waals surface area contributed by atoms with Crippen LogP contribution in [-0.4, -0.2) is 25.7 Å². The van der Waals surface area contributed by atoms with Crippen molar-refractivity contribution in [2.75, 3.05) is 11.8 Å². The van der Waals surface area contributed by atoms with E-state index in [4.69, 9.17) is 34.8 Å². The fraction of sp³-hybridized carbons (Fsp3) is 0.182. The van der Waals surface area contributed by atoms with Crippen LogP contribution in [0.4, 0.5) is 5.69 Å². The van der Waals surface area contributed by atoms with Crippen LogP contribution in [0, 0.1) is 0 Å². The number of rotatable bonds is 5. The second-order valence-corrected chi connectivity index (χ2v) is 6.95. The number of halogens is 3. The van der Waals surface area contributed by atoms with E-state index in [9.17, 15) is 8.42 Å². The lowest BCUT2D eigenvalue weighted by Crippen LogP contribution is -2.17. The molecule has 0 radical (unpaired) electrons. The average molecular weight is 370 g/mol. The van der Waals surface area contributed by atoms with Gasteiger partial charge in [-0.15, -0.1) is 0 Å². The predicted molar refractivity (Wildman–Crippen MR) is 83.6 cm³/mol. The summed E-state index contributed by atoms with van der Waals surface area (Å²) in [5.41, 5.74) is 0.636. The van der Waals surface area contributed by atoms with Gasteiger partial charge < -0.3 is 5.32 Å². The lowest BCUT2D eigenvalue weighted by Gasteiger charge is -2.10. The molecular weight excluding hydrogens is 359 g/mol. The Morgan fingerprint density at radius 1 is 1.19 bits per heavy atom. The van der Waals surface area contributed by atoms with Gasteiger partial charge in [-0.3, -0.25) is 9.82 Å². The number of aromatic amines is 1. The number of benzene rings is 1. The van der Waals surface area contributed by atoms with Crippen LogP contribution in [0.5, 0.6) is 0 Å². The number of nitrogens with zero attached hydrogens (tertiary/aromatic N) is 1. The smallest absolute Gasteiger partial charge is 0.279 e. The maximum Gasteiger partial charge on any atom is 0.279 e. The van der Waals surface area contributed by atoms with Crippen LogP contribution in [-0.2, 0) is 16.6 Å². The van der Waals surface area contributed by atoms with Crippen molar-refractivity contribution in [1.82, 2.24) is 15.5 Å². The molecule has 0 spiro atoms. The van der Waals surface area contributed by atoms with Gasteiger partial charge in [0.15, 0.2) is 5.03 Å². The van der Waals surface area contributed by atoms with Crippen molar-refractivity contribution in [3.8, 4) is 0 Å². The van der Waals surface area contributed by atoms with Crippen molar-refractivity contribution in [3.05, 3.63) is 39.0 Å². The molecule has 10 heteroatoms. The molecule has 21 heavy (non-hydrogen) atoms. The molecule has 0 atom stereocenters. The van der Waals surface area contributed by atoms with Gasteiger partial charge in [0.2, 0.25) is 0 Å². The summed E-state index contributed by atoms with van der Waals surface area (Å²) in [5.74, 6) is 0. The molecule has 0 aliphatic heterocycles. The second kappa shape index (κ2) is 6.41. The van der Waals surface area contributed by atoms with Crippen LogP contribution in [0.1, 0.15) is 5.56 Å². The summed E-state index contributed by atoms with van der Waals surface area (Å²) in [4.78, 5) is 0. The largest absolute Gasteiger partial charge is 0.316 e. The maximum absolute atomic E-state index is 12.4. The highest BCUT2D eigenvalue weighted by atomic mass is 35.5. The SMILES string of the molecule is CNCc1cn[nH]c1S(=O)(=O)Nc1cc(Cl)c(Cl)cc1Cl. The molecule has 0 fully saturated rings. The molecule has 114 valence electrons. The van der Waals surface area contributed by atoms with Gasteiger partial charge in [0.25, 0.3) is 10.0 Å². The molecule has 2 rings (SSSR count). The van der Waals surface area contributed by atoms with E-state index in [2.05, 4.69) is 20.2 Å². The number of anilines is 1. The fourth-order valence-electron chi connectivity index (χ4n) is 1.64. The van der Waals surface area contributed by atoms with Crippen LogP contribution in [0.2, 0.25) is 15.1 Å². The Bertz CT molecular complexity index is 761. The van der Waals surface area contributed by atoms with Crippen molar-refractivity contribution in [2.45, 2.75) is 11.6 Å². The molecule has 0 saturated heterocycles. The monoisotopic (exact) mass is 368 g/mol. The van der Waals surface area contributed by atoms with Crippen molar-refractivity contribution >= 4 is 50.5 Å². The lowest BCUT2D eigenvalue weighted by atomic mass is 10.3. The Morgan fingerprint density at radius 3 is 2.52 bits per heavy atom. The van der Waals surface area contributed by atoms with Crippen molar-refractivity contribution < 1.29 is 8.42 Å². The first-order valence-corrected chi connectivity index (χ1v) is 8.31. The summed E-state index contributed by atoms with van der Waals surface area (Å²) in [6.07, 6.45) is 1.43. The van der Waals surface area contributed by atoms with Crippen LogP contribution in [0.15, 0.2) is 23.4 Å². The maximum atomic E-state index is 12.4. The number of nitrogens with one attached hydrogen (secondary N) is 3. The highest BCUT2D eigenvalue weighted by Gasteiger charge is 2.22. The molecule has 0 aliphatic carbocycles. The van der Waals surface area contributed by atoms with Gasteiger partial charge in [-0.2, -0.15) is 13.5 Å². The zero-order valence-corrected chi connectivity index (χ0v) is 13.8. The summed E-state index contributed by atoms with van der Waals surface area (Å²) in [6.45, 7) is 0.349. The highest BCUT2D eigenvalue weighted by Crippen LogP contribution is 2.33. The average Bonchev–Trinajstić information content (AvgIpc) is 2.85. The molecule has 0 aliphatic rings. The zero-order valence-electron chi connectivity index (χ0n) is 10.7. The number of sulfonamides is 1. The zero-order chi connectivity index (χ0) is 15.6. The molecule has 1 aromatic heterocycles. The summed E-state index contributed by atoms with van der Waals surface area (Å²) in [6, 6.07) is 2.71. The van der Waals surface area contributed by atoms with Gasteiger partial charge in [-0.25, -0.2) is 0 Å². The van der Waals surface area contributed by atoms with Gasteiger partial charge in [-0.1, -0.05) is 34.8 Å². The van der Waals surface area contributed by atoms with Gasteiger partial charge >= 0.3 is 0 Å². The highest BCUT2D eigenvalue weighted by molar-refractivity contribution is 7.92. The molecular formula is C11H11Cl3N4O2S. The Morgan fingerprint density at radius 2 is 1.86 bits per heavy atom. The molecule has 0 amide bonds. The first kappa shape index (κ1) is 16.4. The third-order valence-electron chi connectivity index (χ3n) is 2.57. The van der Waals surface area contributed by atoms with Crippen LogP contribution in [0.3, 0.4) is 0 Å². The molecule has 2 aromatic rings. The van der Waals surface area contributed by atoms with Crippen molar-refractivity contribution in [2.24, 2.45) is 0 Å². The van der Waals surface area contributed by atoms with Crippen molar-refractivity contribution in [1.29, 1.82) is 0 Å². The van der Waals surface area contributed by atoms with Crippen LogP contribution in [0.25, 0.3) is 0 Å². The Labute approximate surface area is 136 Å². The molecule has 0 bridgehead atoms. The van der Waals surface area contributed by atoms with Gasteiger partial charge in [0.1, 0.15) is 0 Å². The van der Waals surface area contributed by atoms with E-state index >= 15 is 0 Å². The Hall–Kier alpha value is -0.990. The molecule has 0 unspecified atom stereocenters. The number of aromatic nitrogens is 2. The van der Waals surface area contributed by atoms with E-state index in [1.54, 1.807) is 7.05 Å². The van der Waals surface area contributed by atoms with E-state index < -0.39 is 10.0 Å². The van der Waals surface area contributed by atoms with Crippen LogP contribution >= 0.6 is 34.8 Å². The molecule has 0 saturated carbocycles. The minimum atomic E-state index is -3.87. The van der Waals surface area contributed by atoms with Gasteiger partial charge in [0.05, 0.1) is 27.0 Å². The summed E-state index contributed by atoms with van der Waals surface area (Å²) in [7, 11) is -2.17. The quantitative estimate of drug-likeness (QED) is 0.707. The predicted octanol–water partition coefficient (Wildman–Crippen LogP) is 2.89. The standard InChI is InChI=1S/C11H11Cl3N4O2S/c1-15-4-6-5-16-17-11(6)21(19,20)18-10-3-8(13)7(12)2-9(10)14/h2-3,5,15,18H,4H2,1H3,(H,16,17). The van der Waals surface area contributed by atoms with E-state index in [-0.39, 0.29) is 25.8 Å². The van der Waals surface area contributed by atoms with E-state index in [1.165, 1.54) is 18.3 Å². The minimum Gasteiger partial charge on any atom is -0.316 e. The Kier molecular flexibility index (Phi) is 5.00. The van der Waals surface area contributed by atoms with Gasteiger partial charge in [0, 0.05) is 12.1 Å². The number of hydrogen-bond donors (Lipinski definition) is 3. The fourth-order valence-corrected chi connectivity index (χ4v) is 3.50. The van der Waals surface area contributed by atoms with Crippen molar-refractivity contribution in [3.63, 3.8) is 0 Å². The summed E-state index contributed by atoms with van der Waals surface area (Å²) < 4.78 is 27.1. The van der Waals surface area contributed by atoms with E-state index in [0.717, 1.165) is 0 Å². The molecule has 1 heterocycles. The molecule has 3 N–H and O–H groups in total. The molecule has 6 nitrogen and oxygen atoms in total. The molecule has 1 aromatic carbocycles. The van der Waals surface area contributed by atoms with E-state index in [0.29, 0.717) is 12.1 Å². The van der Waals surface area contributed by atoms with E-state index in [1.807, 2.05) is 0 Å². The first-order valence-electron chi connectivity index (χ1n) is 5.69. The van der Waals surface area contributed by atoms with Crippen LogP contribution < -0.4 is 10.0 Å². The number of hydrogen-bond acceptors (Lipinski definition) is 4. The topological polar surface area (TPSA) is 86.9 Å². The third kappa shape index (κ3) is 3.61. The number of H-pyrrole nitrogens is 1. The summed E-state index contributed by atoms with van der Waals surface area (Å²) >= 11 is 17.6.